The number of hydrogen-bond donors (Lipinski definition) is 2. The zero-order valence-corrected chi connectivity index (χ0v) is 12.5. The summed E-state index contributed by atoms with van der Waals surface area (Å²) in [5.41, 5.74) is 1.39. The summed E-state index contributed by atoms with van der Waals surface area (Å²) in [6.07, 6.45) is 3.50. The van der Waals surface area contributed by atoms with Gasteiger partial charge in [0.2, 0.25) is 11.7 Å². The van der Waals surface area contributed by atoms with E-state index in [1.54, 1.807) is 30.3 Å². The molecule has 22 heavy (non-hydrogen) atoms. The van der Waals surface area contributed by atoms with Crippen LogP contribution in [-0.2, 0) is 4.79 Å². The standard InChI is InChI=1S/C17H19NO4/c1-2-3-4-8-16(19)18-13-7-5-6-12(11-13)14-9-10-15(22-14)17(20)21/h5-7,9-11H,2-4,8H2,1H3,(H,18,19)(H,20,21). The monoisotopic (exact) mass is 301 g/mol. The predicted molar refractivity (Wildman–Crippen MR) is 83.9 cm³/mol. The van der Waals surface area contributed by atoms with Crippen molar-refractivity contribution in [1.82, 2.24) is 0 Å². The van der Waals surface area contributed by atoms with Gasteiger partial charge in [-0.15, -0.1) is 0 Å². The number of nitrogens with one attached hydrogen (secondary N) is 1. The topological polar surface area (TPSA) is 79.5 Å². The predicted octanol–water partition coefficient (Wildman–Crippen LogP) is 4.16. The molecule has 0 radical (unpaired) electrons. The summed E-state index contributed by atoms with van der Waals surface area (Å²) < 4.78 is 5.26. The third-order valence-electron chi connectivity index (χ3n) is 3.26. The maximum atomic E-state index is 11.8. The molecule has 0 fully saturated rings. The molecular formula is C17H19NO4. The van der Waals surface area contributed by atoms with Crippen LogP contribution in [0.3, 0.4) is 0 Å². The first-order chi connectivity index (χ1) is 10.6. The van der Waals surface area contributed by atoms with Gasteiger partial charge in [0, 0.05) is 17.7 Å². The molecule has 0 aliphatic carbocycles. The number of amides is 1. The van der Waals surface area contributed by atoms with Gasteiger partial charge in [-0.25, -0.2) is 4.79 Å². The summed E-state index contributed by atoms with van der Waals surface area (Å²) >= 11 is 0. The first kappa shape index (κ1) is 15.8. The fourth-order valence-corrected chi connectivity index (χ4v) is 2.12. The Balaban J connectivity index is 2.06. The Bertz CT molecular complexity index is 660. The molecule has 5 heteroatoms. The first-order valence-corrected chi connectivity index (χ1v) is 7.33. The van der Waals surface area contributed by atoms with Crippen molar-refractivity contribution < 1.29 is 19.1 Å². The lowest BCUT2D eigenvalue weighted by atomic mass is 10.1. The quantitative estimate of drug-likeness (QED) is 0.752. The molecule has 2 rings (SSSR count). The molecule has 0 aliphatic rings. The van der Waals surface area contributed by atoms with E-state index in [-0.39, 0.29) is 11.7 Å². The van der Waals surface area contributed by atoms with Crippen molar-refractivity contribution in [1.29, 1.82) is 0 Å². The lowest BCUT2D eigenvalue weighted by molar-refractivity contribution is -0.116. The number of carbonyl (C=O) groups excluding carboxylic acids is 1. The number of unbranched alkanes of at least 4 members (excludes halogenated alkanes) is 2. The molecule has 2 N–H and O–H groups in total. The second-order valence-electron chi connectivity index (χ2n) is 5.06. The highest BCUT2D eigenvalue weighted by Gasteiger charge is 2.11. The van der Waals surface area contributed by atoms with Crippen molar-refractivity contribution in [2.75, 3.05) is 5.32 Å². The van der Waals surface area contributed by atoms with E-state index in [2.05, 4.69) is 12.2 Å². The number of carboxylic acids is 1. The Kier molecular flexibility index (Phi) is 5.36. The molecule has 0 spiro atoms. The van der Waals surface area contributed by atoms with Gasteiger partial charge in [-0.2, -0.15) is 0 Å². The number of rotatable bonds is 7. The van der Waals surface area contributed by atoms with Crippen LogP contribution in [-0.4, -0.2) is 17.0 Å². The Labute approximate surface area is 129 Å². The third-order valence-corrected chi connectivity index (χ3v) is 3.26. The number of carbonyl (C=O) groups is 2. The van der Waals surface area contributed by atoms with Gasteiger partial charge in [0.15, 0.2) is 0 Å². The lowest BCUT2D eigenvalue weighted by Crippen LogP contribution is -2.10. The van der Waals surface area contributed by atoms with E-state index in [0.717, 1.165) is 24.8 Å². The molecule has 0 bridgehead atoms. The largest absolute Gasteiger partial charge is 0.475 e. The molecule has 5 nitrogen and oxygen atoms in total. The van der Waals surface area contributed by atoms with Crippen LogP contribution in [0.5, 0.6) is 0 Å². The first-order valence-electron chi connectivity index (χ1n) is 7.33. The maximum absolute atomic E-state index is 11.8. The third kappa shape index (κ3) is 4.22. The zero-order valence-electron chi connectivity index (χ0n) is 12.5. The average Bonchev–Trinajstić information content (AvgIpc) is 2.98. The van der Waals surface area contributed by atoms with E-state index in [9.17, 15) is 9.59 Å². The molecule has 0 unspecified atom stereocenters. The van der Waals surface area contributed by atoms with Crippen molar-refractivity contribution in [3.63, 3.8) is 0 Å². The second-order valence-corrected chi connectivity index (χ2v) is 5.06. The summed E-state index contributed by atoms with van der Waals surface area (Å²) in [7, 11) is 0. The highest BCUT2D eigenvalue weighted by molar-refractivity contribution is 5.91. The van der Waals surface area contributed by atoms with Crippen LogP contribution >= 0.6 is 0 Å². The molecule has 1 aromatic carbocycles. The molecule has 1 amide bonds. The minimum Gasteiger partial charge on any atom is -0.475 e. The second kappa shape index (κ2) is 7.45. The number of aromatic carboxylic acids is 1. The average molecular weight is 301 g/mol. The van der Waals surface area contributed by atoms with Crippen LogP contribution in [0.4, 0.5) is 5.69 Å². The normalized spacial score (nSPS) is 10.4. The summed E-state index contributed by atoms with van der Waals surface area (Å²) in [6, 6.07) is 10.2. The number of hydrogen-bond acceptors (Lipinski definition) is 3. The van der Waals surface area contributed by atoms with Gasteiger partial charge in [-0.3, -0.25) is 4.79 Å². The van der Waals surface area contributed by atoms with Crippen LogP contribution in [0.1, 0.15) is 43.2 Å². The van der Waals surface area contributed by atoms with Gasteiger partial charge in [0.05, 0.1) is 0 Å². The van der Waals surface area contributed by atoms with E-state index >= 15 is 0 Å². The number of furan rings is 1. The molecule has 1 aromatic heterocycles. The summed E-state index contributed by atoms with van der Waals surface area (Å²) in [6.45, 7) is 2.09. The van der Waals surface area contributed by atoms with Crippen LogP contribution in [0.2, 0.25) is 0 Å². The van der Waals surface area contributed by atoms with E-state index in [4.69, 9.17) is 9.52 Å². The van der Waals surface area contributed by atoms with E-state index in [0.29, 0.717) is 17.9 Å². The Morgan fingerprint density at radius 3 is 2.68 bits per heavy atom. The molecule has 1 heterocycles. The van der Waals surface area contributed by atoms with Gasteiger partial charge in [-0.05, 0) is 30.7 Å². The summed E-state index contributed by atoms with van der Waals surface area (Å²) in [5, 5.41) is 11.7. The molecule has 0 aliphatic heterocycles. The number of benzene rings is 1. The molecule has 0 atom stereocenters. The summed E-state index contributed by atoms with van der Waals surface area (Å²) in [5.74, 6) is -0.772. The van der Waals surface area contributed by atoms with E-state index < -0.39 is 5.97 Å². The fraction of sp³-hybridized carbons (Fsp3) is 0.294. The van der Waals surface area contributed by atoms with Crippen molar-refractivity contribution in [2.45, 2.75) is 32.6 Å². The van der Waals surface area contributed by atoms with Gasteiger partial charge in [0.25, 0.3) is 0 Å². The van der Waals surface area contributed by atoms with Crippen LogP contribution in [0.25, 0.3) is 11.3 Å². The highest BCUT2D eigenvalue weighted by Crippen LogP contribution is 2.25. The van der Waals surface area contributed by atoms with E-state index in [1.165, 1.54) is 6.07 Å². The SMILES string of the molecule is CCCCCC(=O)Nc1cccc(-c2ccc(C(=O)O)o2)c1. The van der Waals surface area contributed by atoms with Gasteiger partial charge >= 0.3 is 5.97 Å². The maximum Gasteiger partial charge on any atom is 0.371 e. The highest BCUT2D eigenvalue weighted by atomic mass is 16.4. The Morgan fingerprint density at radius 2 is 2.00 bits per heavy atom. The minimum absolute atomic E-state index is 0.0173. The van der Waals surface area contributed by atoms with Gasteiger partial charge < -0.3 is 14.8 Å². The van der Waals surface area contributed by atoms with Crippen LogP contribution in [0, 0.1) is 0 Å². The number of anilines is 1. The van der Waals surface area contributed by atoms with Crippen molar-refractivity contribution in [3.8, 4) is 11.3 Å². The lowest BCUT2D eigenvalue weighted by Gasteiger charge is -2.06. The fourth-order valence-electron chi connectivity index (χ4n) is 2.12. The van der Waals surface area contributed by atoms with Gasteiger partial charge in [0.1, 0.15) is 5.76 Å². The molecule has 0 saturated carbocycles. The van der Waals surface area contributed by atoms with Crippen LogP contribution < -0.4 is 5.32 Å². The zero-order chi connectivity index (χ0) is 15.9. The van der Waals surface area contributed by atoms with Crippen molar-refractivity contribution in [2.24, 2.45) is 0 Å². The van der Waals surface area contributed by atoms with Crippen LogP contribution in [0.15, 0.2) is 40.8 Å². The smallest absolute Gasteiger partial charge is 0.371 e. The minimum atomic E-state index is -1.10. The summed E-state index contributed by atoms with van der Waals surface area (Å²) in [4.78, 5) is 22.6. The van der Waals surface area contributed by atoms with Crippen molar-refractivity contribution >= 4 is 17.6 Å². The number of carboxylic acid groups (broad SMARTS) is 1. The van der Waals surface area contributed by atoms with E-state index in [1.807, 2.05) is 0 Å². The molecule has 2 aromatic rings. The Morgan fingerprint density at radius 1 is 1.18 bits per heavy atom. The Hall–Kier alpha value is -2.56. The molecule has 116 valence electrons. The molecule has 0 saturated heterocycles. The van der Waals surface area contributed by atoms with Crippen molar-refractivity contribution in [3.05, 3.63) is 42.2 Å². The van der Waals surface area contributed by atoms with Gasteiger partial charge in [-0.1, -0.05) is 31.9 Å². The molecular weight excluding hydrogens is 282 g/mol.